The standard InChI is InChI=1S/C30H30N4O3/c1-20-8-9-21(2)26(18-20)19-31-28(35)23-12-10-22(11-13-23)27-32-29(37-33-27)24-14-16-34(17-15-24)30(36)25-6-4-3-5-7-25/h3-13,18,24H,14-17,19H2,1-2H3,(H,31,35). The fourth-order valence-electron chi connectivity index (χ4n) is 4.65. The van der Waals surface area contributed by atoms with Crippen LogP contribution in [0.25, 0.3) is 11.4 Å². The summed E-state index contributed by atoms with van der Waals surface area (Å²) >= 11 is 0. The number of benzene rings is 3. The molecule has 1 aliphatic heterocycles. The molecule has 2 heterocycles. The van der Waals surface area contributed by atoms with Gasteiger partial charge in [0.2, 0.25) is 11.7 Å². The van der Waals surface area contributed by atoms with Crippen molar-refractivity contribution in [3.63, 3.8) is 0 Å². The quantitative estimate of drug-likeness (QED) is 0.393. The minimum Gasteiger partial charge on any atom is -0.348 e. The van der Waals surface area contributed by atoms with Crippen molar-refractivity contribution in [2.45, 2.75) is 39.2 Å². The van der Waals surface area contributed by atoms with Crippen LogP contribution in [-0.4, -0.2) is 39.9 Å². The number of carbonyl (C=O) groups excluding carboxylic acids is 2. The van der Waals surface area contributed by atoms with Gasteiger partial charge >= 0.3 is 0 Å². The molecule has 7 heteroatoms. The van der Waals surface area contributed by atoms with Gasteiger partial charge in [0.25, 0.3) is 11.8 Å². The summed E-state index contributed by atoms with van der Waals surface area (Å²) in [6.07, 6.45) is 1.56. The molecule has 1 aliphatic rings. The van der Waals surface area contributed by atoms with Gasteiger partial charge in [0.15, 0.2) is 0 Å². The number of aryl methyl sites for hydroxylation is 2. The van der Waals surface area contributed by atoms with E-state index in [1.165, 1.54) is 5.56 Å². The van der Waals surface area contributed by atoms with Crippen molar-refractivity contribution in [1.29, 1.82) is 0 Å². The molecular formula is C30H30N4O3. The summed E-state index contributed by atoms with van der Waals surface area (Å²) in [7, 11) is 0. The van der Waals surface area contributed by atoms with Crippen molar-refractivity contribution in [1.82, 2.24) is 20.4 Å². The van der Waals surface area contributed by atoms with Crippen molar-refractivity contribution >= 4 is 11.8 Å². The molecule has 188 valence electrons. The number of aromatic nitrogens is 2. The lowest BCUT2D eigenvalue weighted by atomic mass is 9.96. The molecule has 4 aromatic rings. The molecule has 1 fully saturated rings. The van der Waals surface area contributed by atoms with Gasteiger partial charge in [0, 0.05) is 42.2 Å². The Morgan fingerprint density at radius 3 is 2.41 bits per heavy atom. The lowest BCUT2D eigenvalue weighted by Gasteiger charge is -2.30. The monoisotopic (exact) mass is 494 g/mol. The van der Waals surface area contributed by atoms with E-state index >= 15 is 0 Å². The molecule has 1 N–H and O–H groups in total. The van der Waals surface area contributed by atoms with Crippen LogP contribution in [0.2, 0.25) is 0 Å². The van der Waals surface area contributed by atoms with E-state index in [2.05, 4.69) is 33.7 Å². The highest BCUT2D eigenvalue weighted by Crippen LogP contribution is 2.29. The summed E-state index contributed by atoms with van der Waals surface area (Å²) < 4.78 is 5.58. The highest BCUT2D eigenvalue weighted by molar-refractivity contribution is 5.95. The predicted molar refractivity (Wildman–Crippen MR) is 141 cm³/mol. The van der Waals surface area contributed by atoms with Gasteiger partial charge in [-0.05, 0) is 62.1 Å². The van der Waals surface area contributed by atoms with Crippen LogP contribution >= 0.6 is 0 Å². The Morgan fingerprint density at radius 2 is 1.68 bits per heavy atom. The van der Waals surface area contributed by atoms with E-state index in [9.17, 15) is 9.59 Å². The zero-order valence-corrected chi connectivity index (χ0v) is 21.1. The third-order valence-electron chi connectivity index (χ3n) is 6.94. The molecule has 2 amide bonds. The SMILES string of the molecule is Cc1ccc(C)c(CNC(=O)c2ccc(-c3noc(C4CCN(C(=O)c5ccccc5)CC4)n3)cc2)c1. The van der Waals surface area contributed by atoms with Crippen molar-refractivity contribution < 1.29 is 14.1 Å². The second-order valence-corrected chi connectivity index (χ2v) is 9.58. The van der Waals surface area contributed by atoms with Crippen molar-refractivity contribution in [2.24, 2.45) is 0 Å². The van der Waals surface area contributed by atoms with Gasteiger partial charge in [-0.25, -0.2) is 0 Å². The highest BCUT2D eigenvalue weighted by Gasteiger charge is 2.28. The Morgan fingerprint density at radius 1 is 0.946 bits per heavy atom. The third-order valence-corrected chi connectivity index (χ3v) is 6.94. The van der Waals surface area contributed by atoms with E-state index in [1.54, 1.807) is 12.1 Å². The van der Waals surface area contributed by atoms with Crippen LogP contribution < -0.4 is 5.32 Å². The first-order valence-corrected chi connectivity index (χ1v) is 12.6. The maximum atomic E-state index is 12.7. The molecule has 0 unspecified atom stereocenters. The summed E-state index contributed by atoms with van der Waals surface area (Å²) in [5.74, 6) is 1.15. The largest absolute Gasteiger partial charge is 0.348 e. The van der Waals surface area contributed by atoms with E-state index in [4.69, 9.17) is 4.52 Å². The minimum atomic E-state index is -0.127. The summed E-state index contributed by atoms with van der Waals surface area (Å²) in [5, 5.41) is 7.16. The normalized spacial score (nSPS) is 13.9. The van der Waals surface area contributed by atoms with Crippen LogP contribution in [-0.2, 0) is 6.54 Å². The summed E-state index contributed by atoms with van der Waals surface area (Å²) in [5.41, 5.74) is 5.52. The van der Waals surface area contributed by atoms with Crippen LogP contribution in [0.1, 0.15) is 62.1 Å². The molecule has 0 aliphatic carbocycles. The van der Waals surface area contributed by atoms with Crippen molar-refractivity contribution in [3.8, 4) is 11.4 Å². The molecule has 3 aromatic carbocycles. The van der Waals surface area contributed by atoms with Gasteiger partial charge in [-0.3, -0.25) is 9.59 Å². The smallest absolute Gasteiger partial charge is 0.253 e. The molecule has 5 rings (SSSR count). The molecule has 0 radical (unpaired) electrons. The zero-order valence-electron chi connectivity index (χ0n) is 21.1. The zero-order chi connectivity index (χ0) is 25.8. The Kier molecular flexibility index (Phi) is 7.12. The average molecular weight is 495 g/mol. The number of likely N-dealkylation sites (tertiary alicyclic amines) is 1. The molecule has 0 atom stereocenters. The minimum absolute atomic E-state index is 0.0587. The number of piperidine rings is 1. The number of nitrogens with one attached hydrogen (secondary N) is 1. The molecule has 0 spiro atoms. The van der Waals surface area contributed by atoms with Gasteiger partial charge in [-0.2, -0.15) is 4.98 Å². The fraction of sp³-hybridized carbons (Fsp3) is 0.267. The number of rotatable bonds is 6. The molecular weight excluding hydrogens is 464 g/mol. The van der Waals surface area contributed by atoms with Crippen molar-refractivity contribution in [2.75, 3.05) is 13.1 Å². The second kappa shape index (κ2) is 10.8. The average Bonchev–Trinajstić information content (AvgIpc) is 3.44. The number of hydrogen-bond donors (Lipinski definition) is 1. The maximum Gasteiger partial charge on any atom is 0.253 e. The molecule has 0 bridgehead atoms. The number of nitrogens with zero attached hydrogens (tertiary/aromatic N) is 3. The van der Waals surface area contributed by atoms with E-state index in [0.717, 1.165) is 29.5 Å². The molecule has 7 nitrogen and oxygen atoms in total. The van der Waals surface area contributed by atoms with Gasteiger partial charge in [-0.15, -0.1) is 0 Å². The Labute approximate surface area is 216 Å². The third kappa shape index (κ3) is 5.61. The highest BCUT2D eigenvalue weighted by atomic mass is 16.5. The van der Waals surface area contributed by atoms with Gasteiger partial charge < -0.3 is 14.7 Å². The first-order valence-electron chi connectivity index (χ1n) is 12.6. The number of hydrogen-bond acceptors (Lipinski definition) is 5. The summed E-state index contributed by atoms with van der Waals surface area (Å²) in [6.45, 7) is 5.88. The van der Waals surface area contributed by atoms with Crippen LogP contribution in [0, 0.1) is 13.8 Å². The lowest BCUT2D eigenvalue weighted by Crippen LogP contribution is -2.37. The Hall–Kier alpha value is -4.26. The molecule has 0 saturated carbocycles. The maximum absolute atomic E-state index is 12.7. The predicted octanol–water partition coefficient (Wildman–Crippen LogP) is 5.30. The van der Waals surface area contributed by atoms with Crippen LogP contribution in [0.5, 0.6) is 0 Å². The molecule has 1 saturated heterocycles. The van der Waals surface area contributed by atoms with Gasteiger partial charge in [0.05, 0.1) is 0 Å². The summed E-state index contributed by atoms with van der Waals surface area (Å²) in [4.78, 5) is 31.8. The topological polar surface area (TPSA) is 88.3 Å². The second-order valence-electron chi connectivity index (χ2n) is 9.58. The summed E-state index contributed by atoms with van der Waals surface area (Å²) in [6, 6.07) is 22.8. The molecule has 37 heavy (non-hydrogen) atoms. The van der Waals surface area contributed by atoms with Gasteiger partial charge in [0.1, 0.15) is 0 Å². The van der Waals surface area contributed by atoms with E-state index < -0.39 is 0 Å². The fourth-order valence-corrected chi connectivity index (χ4v) is 4.65. The Bertz CT molecular complexity index is 1390. The van der Waals surface area contributed by atoms with Crippen LogP contribution in [0.15, 0.2) is 77.3 Å². The van der Waals surface area contributed by atoms with Crippen LogP contribution in [0.4, 0.5) is 0 Å². The van der Waals surface area contributed by atoms with Gasteiger partial charge in [-0.1, -0.05) is 59.3 Å². The molecule has 1 aromatic heterocycles. The first-order chi connectivity index (χ1) is 18.0. The number of carbonyl (C=O) groups is 2. The number of amides is 2. The van der Waals surface area contributed by atoms with E-state index in [-0.39, 0.29) is 17.7 Å². The first kappa shape index (κ1) is 24.4. The lowest BCUT2D eigenvalue weighted by molar-refractivity contribution is 0.0704. The van der Waals surface area contributed by atoms with E-state index in [1.807, 2.05) is 61.2 Å². The Balaban J connectivity index is 1.17. The van der Waals surface area contributed by atoms with E-state index in [0.29, 0.717) is 42.5 Å². The van der Waals surface area contributed by atoms with Crippen LogP contribution in [0.3, 0.4) is 0 Å². The van der Waals surface area contributed by atoms with Crippen molar-refractivity contribution in [3.05, 3.63) is 107 Å².